The molecule has 4 heteroatoms. The van der Waals surface area contributed by atoms with Crippen LogP contribution in [0.4, 0.5) is 0 Å². The Hall–Kier alpha value is -0.330. The summed E-state index contributed by atoms with van der Waals surface area (Å²) < 4.78 is 12.6. The molecule has 102 valence electrons. The van der Waals surface area contributed by atoms with E-state index in [1.165, 1.54) is 0 Å². The van der Waals surface area contributed by atoms with E-state index in [1.807, 2.05) is 30.3 Å². The fourth-order valence-electron chi connectivity index (χ4n) is 2.24. The van der Waals surface area contributed by atoms with Crippen LogP contribution in [0.3, 0.4) is 0 Å². The standard InChI is InChI=1S/C14H22NO2.HI/c1-15(2,3)13-10-7-11-16-14(13)17-12-8-5-4-6-9-12;/h4-6,8-9,13-14H,7,10-11H2,1-3H3;1H/q+1;/p-1/t13-,14-;/m0./s1. The van der Waals surface area contributed by atoms with Gasteiger partial charge in [0.15, 0.2) is 6.04 Å². The van der Waals surface area contributed by atoms with Crippen molar-refractivity contribution < 1.29 is 37.9 Å². The summed E-state index contributed by atoms with van der Waals surface area (Å²) in [6.07, 6.45) is 2.14. The van der Waals surface area contributed by atoms with E-state index in [2.05, 4.69) is 21.1 Å². The summed E-state index contributed by atoms with van der Waals surface area (Å²) in [5.41, 5.74) is 0. The van der Waals surface area contributed by atoms with Crippen molar-refractivity contribution in [2.45, 2.75) is 25.2 Å². The van der Waals surface area contributed by atoms with Crippen LogP contribution in [0.15, 0.2) is 30.3 Å². The van der Waals surface area contributed by atoms with Crippen molar-refractivity contribution in [3.05, 3.63) is 30.3 Å². The smallest absolute Gasteiger partial charge is 0.252 e. The number of benzene rings is 1. The van der Waals surface area contributed by atoms with Crippen molar-refractivity contribution in [2.75, 3.05) is 27.7 Å². The Morgan fingerprint density at radius 3 is 2.44 bits per heavy atom. The lowest BCUT2D eigenvalue weighted by Gasteiger charge is -2.40. The van der Waals surface area contributed by atoms with Crippen LogP contribution in [0.5, 0.6) is 5.75 Å². The Labute approximate surface area is 127 Å². The van der Waals surface area contributed by atoms with Gasteiger partial charge in [0.1, 0.15) is 5.75 Å². The van der Waals surface area contributed by atoms with Crippen LogP contribution >= 0.6 is 0 Å². The molecule has 2 rings (SSSR count). The number of hydrogen-bond donors (Lipinski definition) is 0. The molecule has 0 spiro atoms. The lowest BCUT2D eigenvalue weighted by molar-refractivity contribution is -0.904. The molecule has 1 saturated heterocycles. The highest BCUT2D eigenvalue weighted by Gasteiger charge is 2.37. The van der Waals surface area contributed by atoms with Gasteiger partial charge in [0.05, 0.1) is 27.7 Å². The summed E-state index contributed by atoms with van der Waals surface area (Å²) in [7, 11) is 6.59. The average Bonchev–Trinajstić information content (AvgIpc) is 2.30. The Bertz CT molecular complexity index is 351. The normalized spacial score (nSPS) is 24.2. The molecular weight excluding hydrogens is 341 g/mol. The molecule has 0 amide bonds. The molecule has 0 N–H and O–H groups in total. The van der Waals surface area contributed by atoms with Gasteiger partial charge in [0, 0.05) is 6.42 Å². The second-order valence-corrected chi connectivity index (χ2v) is 5.50. The third-order valence-corrected chi connectivity index (χ3v) is 3.23. The van der Waals surface area contributed by atoms with Crippen molar-refractivity contribution in [2.24, 2.45) is 0 Å². The zero-order valence-corrected chi connectivity index (χ0v) is 13.5. The molecule has 2 atom stereocenters. The fraction of sp³-hybridized carbons (Fsp3) is 0.571. The van der Waals surface area contributed by atoms with E-state index in [1.54, 1.807) is 0 Å². The van der Waals surface area contributed by atoms with Gasteiger partial charge in [-0.15, -0.1) is 0 Å². The highest BCUT2D eigenvalue weighted by atomic mass is 127. The summed E-state index contributed by atoms with van der Waals surface area (Å²) in [5.74, 6) is 0.887. The Kier molecular flexibility index (Phi) is 5.88. The van der Waals surface area contributed by atoms with E-state index < -0.39 is 0 Å². The van der Waals surface area contributed by atoms with Gasteiger partial charge in [0.25, 0.3) is 6.29 Å². The van der Waals surface area contributed by atoms with Crippen molar-refractivity contribution in [3.8, 4) is 5.75 Å². The number of halogens is 1. The predicted molar refractivity (Wildman–Crippen MR) is 67.9 cm³/mol. The molecule has 0 saturated carbocycles. The summed E-state index contributed by atoms with van der Waals surface area (Å²) in [6, 6.07) is 10.3. The van der Waals surface area contributed by atoms with Gasteiger partial charge in [-0.05, 0) is 18.6 Å². The number of ether oxygens (including phenoxy) is 2. The predicted octanol–water partition coefficient (Wildman–Crippen LogP) is -0.719. The van der Waals surface area contributed by atoms with Gasteiger partial charge in [-0.2, -0.15) is 0 Å². The van der Waals surface area contributed by atoms with Crippen LogP contribution in [-0.2, 0) is 4.74 Å². The fourth-order valence-corrected chi connectivity index (χ4v) is 2.24. The molecule has 1 aromatic carbocycles. The maximum Gasteiger partial charge on any atom is 0.252 e. The van der Waals surface area contributed by atoms with Crippen LogP contribution in [0.25, 0.3) is 0 Å². The number of likely N-dealkylation sites (N-methyl/N-ethyl adjacent to an activating group) is 1. The zero-order chi connectivity index (χ0) is 12.3. The number of nitrogens with zero attached hydrogens (tertiary/aromatic N) is 1. The Morgan fingerprint density at radius 1 is 1.17 bits per heavy atom. The third-order valence-electron chi connectivity index (χ3n) is 3.23. The van der Waals surface area contributed by atoms with Gasteiger partial charge in [-0.3, -0.25) is 0 Å². The monoisotopic (exact) mass is 363 g/mol. The van der Waals surface area contributed by atoms with Gasteiger partial charge in [-0.1, -0.05) is 18.2 Å². The molecular formula is C14H22INO2. The lowest BCUT2D eigenvalue weighted by Crippen LogP contribution is -3.00. The Morgan fingerprint density at radius 2 is 1.83 bits per heavy atom. The average molecular weight is 363 g/mol. The minimum absolute atomic E-state index is 0. The first-order valence-electron chi connectivity index (χ1n) is 6.22. The first-order valence-corrected chi connectivity index (χ1v) is 6.22. The van der Waals surface area contributed by atoms with E-state index in [0.29, 0.717) is 6.04 Å². The molecule has 0 aliphatic carbocycles. The summed E-state index contributed by atoms with van der Waals surface area (Å²) in [6.45, 7) is 0.800. The van der Waals surface area contributed by atoms with E-state index >= 15 is 0 Å². The molecule has 1 aromatic rings. The van der Waals surface area contributed by atoms with Gasteiger partial charge >= 0.3 is 0 Å². The van der Waals surface area contributed by atoms with Gasteiger partial charge in [0.2, 0.25) is 0 Å². The second-order valence-electron chi connectivity index (χ2n) is 5.50. The molecule has 0 bridgehead atoms. The molecule has 1 heterocycles. The van der Waals surface area contributed by atoms with E-state index in [4.69, 9.17) is 9.47 Å². The molecule has 3 nitrogen and oxygen atoms in total. The topological polar surface area (TPSA) is 18.5 Å². The van der Waals surface area contributed by atoms with E-state index in [9.17, 15) is 0 Å². The van der Waals surface area contributed by atoms with Crippen molar-refractivity contribution in [3.63, 3.8) is 0 Å². The minimum atomic E-state index is -0.133. The first kappa shape index (κ1) is 15.7. The van der Waals surface area contributed by atoms with Gasteiger partial charge < -0.3 is 37.9 Å². The SMILES string of the molecule is C[N+](C)(C)[C@H]1CCCO[C@H]1Oc1ccccc1.[I-]. The molecule has 1 aliphatic rings. The van der Waals surface area contributed by atoms with Crippen molar-refractivity contribution in [1.29, 1.82) is 0 Å². The van der Waals surface area contributed by atoms with Crippen LogP contribution in [0, 0.1) is 0 Å². The maximum atomic E-state index is 5.96. The van der Waals surface area contributed by atoms with Crippen molar-refractivity contribution in [1.82, 2.24) is 0 Å². The molecule has 0 radical (unpaired) electrons. The number of quaternary nitrogens is 1. The first-order chi connectivity index (χ1) is 8.07. The van der Waals surface area contributed by atoms with Crippen LogP contribution in [0.1, 0.15) is 12.8 Å². The molecule has 0 aromatic heterocycles. The van der Waals surface area contributed by atoms with E-state index in [-0.39, 0.29) is 30.3 Å². The number of hydrogen-bond acceptors (Lipinski definition) is 2. The lowest BCUT2D eigenvalue weighted by atomic mass is 10.1. The second kappa shape index (κ2) is 6.73. The summed E-state index contributed by atoms with van der Waals surface area (Å²) in [5, 5.41) is 0. The van der Waals surface area contributed by atoms with Crippen molar-refractivity contribution >= 4 is 0 Å². The largest absolute Gasteiger partial charge is 1.00 e. The highest BCUT2D eigenvalue weighted by Crippen LogP contribution is 2.24. The minimum Gasteiger partial charge on any atom is -1.00 e. The van der Waals surface area contributed by atoms with Gasteiger partial charge in [-0.25, -0.2) is 0 Å². The number of rotatable bonds is 3. The maximum absolute atomic E-state index is 5.96. The zero-order valence-electron chi connectivity index (χ0n) is 11.3. The van der Waals surface area contributed by atoms with Crippen LogP contribution in [-0.4, -0.2) is 44.6 Å². The van der Waals surface area contributed by atoms with E-state index in [0.717, 1.165) is 29.7 Å². The van der Waals surface area contributed by atoms with Crippen LogP contribution in [0.2, 0.25) is 0 Å². The molecule has 18 heavy (non-hydrogen) atoms. The molecule has 1 aliphatic heterocycles. The summed E-state index contributed by atoms with van der Waals surface area (Å²) in [4.78, 5) is 0. The third kappa shape index (κ3) is 4.10. The number of para-hydroxylation sites is 1. The highest BCUT2D eigenvalue weighted by molar-refractivity contribution is 5.21. The quantitative estimate of drug-likeness (QED) is 0.522. The summed E-state index contributed by atoms with van der Waals surface area (Å²) >= 11 is 0. The Balaban J connectivity index is 0.00000162. The molecule has 0 unspecified atom stereocenters. The van der Waals surface area contributed by atoms with Crippen LogP contribution < -0.4 is 28.7 Å². The molecule has 1 fully saturated rings.